The summed E-state index contributed by atoms with van der Waals surface area (Å²) in [4.78, 5) is 22.6. The second-order valence-corrected chi connectivity index (χ2v) is 5.40. The first-order valence-electron chi connectivity index (χ1n) is 6.81. The number of carbonyl (C=O) groups excluding carboxylic acids is 1. The van der Waals surface area contributed by atoms with Gasteiger partial charge in [-0.2, -0.15) is 0 Å². The number of carbonyl (C=O) groups is 2. The molecular weight excluding hydrogens is 261 g/mol. The maximum absolute atomic E-state index is 13.7. The Bertz CT molecular complexity index is 526. The third-order valence-electron chi connectivity index (χ3n) is 3.54. The van der Waals surface area contributed by atoms with E-state index in [1.807, 2.05) is 6.92 Å². The second kappa shape index (κ2) is 6.03. The molecule has 2 rings (SSSR count). The van der Waals surface area contributed by atoms with Crippen LogP contribution in [0.15, 0.2) is 18.2 Å². The molecule has 1 aliphatic carbocycles. The van der Waals surface area contributed by atoms with Crippen molar-refractivity contribution in [1.29, 1.82) is 0 Å². The van der Waals surface area contributed by atoms with Crippen LogP contribution in [0, 0.1) is 11.7 Å². The number of rotatable bonds is 6. The Morgan fingerprint density at radius 1 is 1.45 bits per heavy atom. The molecule has 0 saturated heterocycles. The summed E-state index contributed by atoms with van der Waals surface area (Å²) in [6.07, 6.45) is 4.50. The molecule has 108 valence electrons. The summed E-state index contributed by atoms with van der Waals surface area (Å²) in [5, 5.41) is 11.5. The molecule has 0 aliphatic heterocycles. The predicted molar refractivity (Wildman–Crippen MR) is 72.2 cm³/mol. The van der Waals surface area contributed by atoms with Gasteiger partial charge in [-0.25, -0.2) is 9.18 Å². The van der Waals surface area contributed by atoms with Crippen molar-refractivity contribution in [3.8, 4) is 0 Å². The van der Waals surface area contributed by atoms with Crippen LogP contribution in [0.5, 0.6) is 0 Å². The van der Waals surface area contributed by atoms with E-state index in [1.54, 1.807) is 0 Å². The fourth-order valence-corrected chi connectivity index (χ4v) is 2.10. The van der Waals surface area contributed by atoms with Gasteiger partial charge in [0, 0.05) is 6.04 Å². The minimum absolute atomic E-state index is 0.0124. The molecule has 0 heterocycles. The lowest BCUT2D eigenvalue weighted by Gasteiger charge is -2.14. The average Bonchev–Trinajstić information content (AvgIpc) is 3.19. The zero-order chi connectivity index (χ0) is 14.7. The molecule has 1 aromatic rings. The Balaban J connectivity index is 1.95. The highest BCUT2D eigenvalue weighted by Gasteiger charge is 2.22. The minimum Gasteiger partial charge on any atom is -0.478 e. The summed E-state index contributed by atoms with van der Waals surface area (Å²) in [5.41, 5.74) is -0.283. The van der Waals surface area contributed by atoms with Crippen LogP contribution < -0.4 is 5.32 Å². The number of halogens is 1. The van der Waals surface area contributed by atoms with Gasteiger partial charge in [-0.3, -0.25) is 4.79 Å². The summed E-state index contributed by atoms with van der Waals surface area (Å²) in [6, 6.07) is 3.30. The van der Waals surface area contributed by atoms with Crippen LogP contribution in [0.3, 0.4) is 0 Å². The minimum atomic E-state index is -1.21. The molecule has 1 atom stereocenters. The monoisotopic (exact) mass is 279 g/mol. The van der Waals surface area contributed by atoms with Gasteiger partial charge >= 0.3 is 5.97 Å². The molecule has 1 saturated carbocycles. The van der Waals surface area contributed by atoms with Crippen molar-refractivity contribution >= 4 is 11.9 Å². The largest absolute Gasteiger partial charge is 0.478 e. The van der Waals surface area contributed by atoms with Gasteiger partial charge in [0.15, 0.2) is 0 Å². The van der Waals surface area contributed by atoms with E-state index in [2.05, 4.69) is 5.32 Å². The third-order valence-corrected chi connectivity index (χ3v) is 3.54. The molecular formula is C15H18FNO3. The van der Waals surface area contributed by atoms with Gasteiger partial charge in [0.2, 0.25) is 0 Å². The Kier molecular flexibility index (Phi) is 4.37. The van der Waals surface area contributed by atoms with Crippen LogP contribution in [-0.2, 0) is 0 Å². The van der Waals surface area contributed by atoms with Crippen molar-refractivity contribution in [2.24, 2.45) is 5.92 Å². The molecule has 0 bridgehead atoms. The Morgan fingerprint density at radius 2 is 2.15 bits per heavy atom. The lowest BCUT2D eigenvalue weighted by molar-refractivity contribution is 0.0695. The molecule has 0 spiro atoms. The van der Waals surface area contributed by atoms with Gasteiger partial charge in [-0.1, -0.05) is 12.8 Å². The standard InChI is InChI=1S/C15H18FNO3/c1-9(2-3-10-4-5-10)17-14(18)12-7-6-11(15(19)20)8-13(12)16/h6-10H,2-5H2,1H3,(H,17,18)(H,19,20). The number of hydrogen-bond acceptors (Lipinski definition) is 2. The van der Waals surface area contributed by atoms with Crippen LogP contribution in [0.1, 0.15) is 53.3 Å². The number of benzene rings is 1. The first-order chi connectivity index (χ1) is 9.47. The molecule has 1 unspecified atom stereocenters. The molecule has 1 aromatic carbocycles. The molecule has 1 amide bonds. The molecule has 5 heteroatoms. The Labute approximate surface area is 117 Å². The maximum Gasteiger partial charge on any atom is 0.335 e. The van der Waals surface area contributed by atoms with Crippen LogP contribution in [-0.4, -0.2) is 23.0 Å². The molecule has 2 N–H and O–H groups in total. The first-order valence-corrected chi connectivity index (χ1v) is 6.81. The van der Waals surface area contributed by atoms with Gasteiger partial charge in [-0.05, 0) is 43.9 Å². The van der Waals surface area contributed by atoms with E-state index >= 15 is 0 Å². The van der Waals surface area contributed by atoms with Crippen LogP contribution >= 0.6 is 0 Å². The second-order valence-electron chi connectivity index (χ2n) is 5.40. The number of nitrogens with one attached hydrogen (secondary N) is 1. The van der Waals surface area contributed by atoms with Crippen molar-refractivity contribution < 1.29 is 19.1 Å². The van der Waals surface area contributed by atoms with E-state index in [-0.39, 0.29) is 17.2 Å². The lowest BCUT2D eigenvalue weighted by atomic mass is 10.1. The smallest absolute Gasteiger partial charge is 0.335 e. The van der Waals surface area contributed by atoms with Crippen molar-refractivity contribution in [3.05, 3.63) is 35.1 Å². The van der Waals surface area contributed by atoms with Crippen molar-refractivity contribution in [2.75, 3.05) is 0 Å². The molecule has 4 nitrogen and oxygen atoms in total. The number of hydrogen-bond donors (Lipinski definition) is 2. The highest BCUT2D eigenvalue weighted by atomic mass is 19.1. The fourth-order valence-electron chi connectivity index (χ4n) is 2.10. The first kappa shape index (κ1) is 14.5. The number of aromatic carboxylic acids is 1. The lowest BCUT2D eigenvalue weighted by Crippen LogP contribution is -2.33. The van der Waals surface area contributed by atoms with Crippen molar-refractivity contribution in [2.45, 2.75) is 38.6 Å². The third kappa shape index (κ3) is 3.79. The van der Waals surface area contributed by atoms with Crippen molar-refractivity contribution in [3.63, 3.8) is 0 Å². The van der Waals surface area contributed by atoms with E-state index in [9.17, 15) is 14.0 Å². The van der Waals surface area contributed by atoms with E-state index in [1.165, 1.54) is 25.0 Å². The molecule has 20 heavy (non-hydrogen) atoms. The van der Waals surface area contributed by atoms with Gasteiger partial charge < -0.3 is 10.4 Å². The van der Waals surface area contributed by atoms with E-state index in [4.69, 9.17) is 5.11 Å². The summed E-state index contributed by atoms with van der Waals surface area (Å²) in [6.45, 7) is 1.89. The topological polar surface area (TPSA) is 66.4 Å². The SMILES string of the molecule is CC(CCC1CC1)NC(=O)c1ccc(C(=O)O)cc1F. The normalized spacial score (nSPS) is 15.7. The van der Waals surface area contributed by atoms with Gasteiger partial charge in [0.1, 0.15) is 5.82 Å². The van der Waals surface area contributed by atoms with Crippen LogP contribution in [0.25, 0.3) is 0 Å². The summed E-state index contributed by atoms with van der Waals surface area (Å²) in [7, 11) is 0. The zero-order valence-electron chi connectivity index (χ0n) is 11.4. The van der Waals surface area contributed by atoms with Crippen LogP contribution in [0.4, 0.5) is 4.39 Å². The molecule has 1 fully saturated rings. The zero-order valence-corrected chi connectivity index (χ0v) is 11.4. The quantitative estimate of drug-likeness (QED) is 0.841. The highest BCUT2D eigenvalue weighted by molar-refractivity contribution is 5.96. The van der Waals surface area contributed by atoms with E-state index < -0.39 is 17.7 Å². The molecule has 0 aromatic heterocycles. The van der Waals surface area contributed by atoms with Gasteiger partial charge in [-0.15, -0.1) is 0 Å². The summed E-state index contributed by atoms with van der Waals surface area (Å²) < 4.78 is 13.7. The number of carboxylic acid groups (broad SMARTS) is 1. The molecule has 1 aliphatic rings. The van der Waals surface area contributed by atoms with E-state index in [0.717, 1.165) is 24.8 Å². The van der Waals surface area contributed by atoms with E-state index in [0.29, 0.717) is 0 Å². The fraction of sp³-hybridized carbons (Fsp3) is 0.467. The Hall–Kier alpha value is -1.91. The predicted octanol–water partition coefficient (Wildman–Crippen LogP) is 2.83. The average molecular weight is 279 g/mol. The Morgan fingerprint density at radius 3 is 2.70 bits per heavy atom. The molecule has 0 radical (unpaired) electrons. The summed E-state index contributed by atoms with van der Waals surface area (Å²) in [5.74, 6) is -1.73. The van der Waals surface area contributed by atoms with Crippen LogP contribution in [0.2, 0.25) is 0 Å². The van der Waals surface area contributed by atoms with Gasteiger partial charge in [0.05, 0.1) is 11.1 Å². The highest BCUT2D eigenvalue weighted by Crippen LogP contribution is 2.33. The summed E-state index contributed by atoms with van der Waals surface area (Å²) >= 11 is 0. The number of carboxylic acids is 1. The van der Waals surface area contributed by atoms with Crippen molar-refractivity contribution in [1.82, 2.24) is 5.32 Å². The maximum atomic E-state index is 13.7. The van der Waals surface area contributed by atoms with Gasteiger partial charge in [0.25, 0.3) is 5.91 Å². The number of amides is 1.